The molecule has 1 aromatic carbocycles. The standard InChI is InChI=1S/C28H37N3O12S/c32-23(2-1-12-40-14-17-43-20-27(35)36)19-42-16-15-41-13-11-29-28(37)22-6-9-25(30-18-22)31-44(38,39)24-7-3-21(4-8-24)5-10-26(33)34/h3-4,6-9,18H,1-2,5,10-17,19-20H2,(H,29,37)(H,30,31)(H,33,34)(H,35,36). The number of ketones is 1. The summed E-state index contributed by atoms with van der Waals surface area (Å²) in [6.07, 6.45) is 2.26. The molecule has 16 heteroatoms. The summed E-state index contributed by atoms with van der Waals surface area (Å²) in [5, 5.41) is 19.8. The summed E-state index contributed by atoms with van der Waals surface area (Å²) in [5.74, 6) is -2.47. The molecule has 0 aliphatic heterocycles. The zero-order valence-electron chi connectivity index (χ0n) is 24.1. The molecule has 0 radical (unpaired) electrons. The predicted octanol–water partition coefficient (Wildman–Crippen LogP) is 1.13. The molecule has 0 spiro atoms. The number of carboxylic acids is 2. The normalized spacial score (nSPS) is 11.2. The maximum Gasteiger partial charge on any atom is 0.329 e. The lowest BCUT2D eigenvalue weighted by molar-refractivity contribution is -0.142. The molecule has 0 saturated heterocycles. The van der Waals surface area contributed by atoms with Crippen LogP contribution in [0.5, 0.6) is 0 Å². The second-order valence-corrected chi connectivity index (χ2v) is 10.9. The topological polar surface area (TPSA) is 217 Å². The Hall–Kier alpha value is -3.96. The van der Waals surface area contributed by atoms with Crippen molar-refractivity contribution in [2.45, 2.75) is 30.6 Å². The quantitative estimate of drug-likeness (QED) is 0.119. The van der Waals surface area contributed by atoms with Gasteiger partial charge in [-0.05, 0) is 42.7 Å². The number of pyridine rings is 1. The van der Waals surface area contributed by atoms with Gasteiger partial charge in [-0.1, -0.05) is 12.1 Å². The Morgan fingerprint density at radius 1 is 0.750 bits per heavy atom. The molecule has 4 N–H and O–H groups in total. The molecule has 44 heavy (non-hydrogen) atoms. The Morgan fingerprint density at radius 3 is 2.05 bits per heavy atom. The third-order valence-corrected chi connectivity index (χ3v) is 7.01. The van der Waals surface area contributed by atoms with E-state index in [-0.39, 0.29) is 94.1 Å². The average molecular weight is 640 g/mol. The molecule has 1 heterocycles. The van der Waals surface area contributed by atoms with Crippen molar-refractivity contribution in [2.24, 2.45) is 0 Å². The fourth-order valence-corrected chi connectivity index (χ4v) is 4.45. The highest BCUT2D eigenvalue weighted by Gasteiger charge is 2.15. The van der Waals surface area contributed by atoms with E-state index in [1.807, 2.05) is 0 Å². The van der Waals surface area contributed by atoms with Crippen LogP contribution in [0.2, 0.25) is 0 Å². The van der Waals surface area contributed by atoms with Gasteiger partial charge in [-0.3, -0.25) is 19.1 Å². The van der Waals surface area contributed by atoms with Gasteiger partial charge in [-0.25, -0.2) is 18.2 Å². The fraction of sp³-hybridized carbons (Fsp3) is 0.464. The number of carbonyl (C=O) groups is 4. The largest absolute Gasteiger partial charge is 0.481 e. The average Bonchev–Trinajstić information content (AvgIpc) is 2.98. The maximum absolute atomic E-state index is 12.6. The lowest BCUT2D eigenvalue weighted by Crippen LogP contribution is -2.28. The van der Waals surface area contributed by atoms with E-state index in [1.165, 1.54) is 30.5 Å². The molecule has 1 amide bonds. The second kappa shape index (κ2) is 20.1. The van der Waals surface area contributed by atoms with Gasteiger partial charge in [0.15, 0.2) is 5.78 Å². The van der Waals surface area contributed by atoms with Crippen LogP contribution in [0.15, 0.2) is 47.5 Å². The van der Waals surface area contributed by atoms with Gasteiger partial charge in [-0.2, -0.15) is 0 Å². The number of anilines is 1. The number of nitrogens with zero attached hydrogens (tertiary/aromatic N) is 1. The summed E-state index contributed by atoms with van der Waals surface area (Å²) in [5.41, 5.74) is 0.913. The number of carbonyl (C=O) groups excluding carboxylic acids is 2. The summed E-state index contributed by atoms with van der Waals surface area (Å²) in [6.45, 7) is 1.18. The number of aliphatic carboxylic acids is 2. The smallest absolute Gasteiger partial charge is 0.329 e. The van der Waals surface area contributed by atoms with Gasteiger partial charge in [0, 0.05) is 32.2 Å². The van der Waals surface area contributed by atoms with E-state index in [0.717, 1.165) is 0 Å². The highest BCUT2D eigenvalue weighted by atomic mass is 32.2. The molecular formula is C28H37N3O12S. The number of rotatable bonds is 24. The number of nitrogens with one attached hydrogen (secondary N) is 2. The monoisotopic (exact) mass is 639 g/mol. The lowest BCUT2D eigenvalue weighted by Gasteiger charge is -2.09. The van der Waals surface area contributed by atoms with Crippen LogP contribution in [-0.4, -0.2) is 107 Å². The third-order valence-electron chi connectivity index (χ3n) is 5.63. The van der Waals surface area contributed by atoms with E-state index in [4.69, 9.17) is 29.2 Å². The Bertz CT molecular complexity index is 1300. The minimum absolute atomic E-state index is 0.0155. The number of ether oxygens (including phenoxy) is 4. The maximum atomic E-state index is 12.6. The van der Waals surface area contributed by atoms with E-state index in [2.05, 4.69) is 15.0 Å². The molecule has 0 saturated carbocycles. The van der Waals surface area contributed by atoms with Crippen LogP contribution in [0.4, 0.5) is 5.82 Å². The summed E-state index contributed by atoms with van der Waals surface area (Å²) >= 11 is 0. The molecule has 0 unspecified atom stereocenters. The van der Waals surface area contributed by atoms with Gasteiger partial charge in [0.05, 0.1) is 43.5 Å². The first kappa shape index (κ1) is 36.2. The Morgan fingerprint density at radius 2 is 1.41 bits per heavy atom. The molecule has 242 valence electrons. The van der Waals surface area contributed by atoms with E-state index < -0.39 is 27.9 Å². The lowest BCUT2D eigenvalue weighted by atomic mass is 10.1. The second-order valence-electron chi connectivity index (χ2n) is 9.20. The highest BCUT2D eigenvalue weighted by Crippen LogP contribution is 2.16. The highest BCUT2D eigenvalue weighted by molar-refractivity contribution is 7.92. The number of Topliss-reactive ketones (excluding diaryl/α,β-unsaturated/α-hetero) is 1. The third kappa shape index (κ3) is 15.5. The molecule has 0 aliphatic rings. The fourth-order valence-electron chi connectivity index (χ4n) is 3.44. The first-order valence-electron chi connectivity index (χ1n) is 13.7. The molecule has 2 rings (SSSR count). The van der Waals surface area contributed by atoms with Crippen molar-refractivity contribution in [3.05, 3.63) is 53.7 Å². The van der Waals surface area contributed by atoms with Crippen LogP contribution in [0.25, 0.3) is 0 Å². The zero-order valence-corrected chi connectivity index (χ0v) is 24.9. The van der Waals surface area contributed by atoms with Gasteiger partial charge in [0.1, 0.15) is 19.0 Å². The number of amides is 1. The van der Waals surface area contributed by atoms with Crippen molar-refractivity contribution in [2.75, 3.05) is 64.1 Å². The van der Waals surface area contributed by atoms with E-state index in [9.17, 15) is 27.6 Å². The minimum Gasteiger partial charge on any atom is -0.481 e. The van der Waals surface area contributed by atoms with Crippen LogP contribution >= 0.6 is 0 Å². The Labute approximate surface area is 254 Å². The van der Waals surface area contributed by atoms with E-state index in [0.29, 0.717) is 18.6 Å². The van der Waals surface area contributed by atoms with E-state index in [1.54, 1.807) is 12.1 Å². The van der Waals surface area contributed by atoms with Crippen LogP contribution in [0, 0.1) is 0 Å². The number of benzene rings is 1. The van der Waals surface area contributed by atoms with Gasteiger partial charge in [-0.15, -0.1) is 0 Å². The van der Waals surface area contributed by atoms with Gasteiger partial charge in [0.25, 0.3) is 15.9 Å². The van der Waals surface area contributed by atoms with Crippen LogP contribution in [-0.2, 0) is 49.8 Å². The Kier molecular flexibility index (Phi) is 16.5. The van der Waals surface area contributed by atoms with Crippen molar-refractivity contribution in [3.8, 4) is 0 Å². The first-order valence-corrected chi connectivity index (χ1v) is 15.2. The van der Waals surface area contributed by atoms with Crippen molar-refractivity contribution in [1.29, 1.82) is 0 Å². The molecule has 0 atom stereocenters. The van der Waals surface area contributed by atoms with Crippen LogP contribution in [0.3, 0.4) is 0 Å². The van der Waals surface area contributed by atoms with Gasteiger partial charge in [0.2, 0.25) is 0 Å². The van der Waals surface area contributed by atoms with Crippen LogP contribution in [0.1, 0.15) is 35.2 Å². The van der Waals surface area contributed by atoms with Gasteiger partial charge < -0.3 is 34.5 Å². The van der Waals surface area contributed by atoms with E-state index >= 15 is 0 Å². The molecule has 0 aliphatic carbocycles. The number of carboxylic acid groups (broad SMARTS) is 2. The summed E-state index contributed by atoms with van der Waals surface area (Å²) in [7, 11) is -3.94. The van der Waals surface area contributed by atoms with Crippen LogP contribution < -0.4 is 10.0 Å². The molecule has 2 aromatic rings. The Balaban J connectivity index is 1.55. The number of hydrogen-bond donors (Lipinski definition) is 4. The van der Waals surface area contributed by atoms with Crippen molar-refractivity contribution in [1.82, 2.24) is 10.3 Å². The van der Waals surface area contributed by atoms with Gasteiger partial charge >= 0.3 is 11.9 Å². The SMILES string of the molecule is O=C(O)CCc1ccc(S(=O)(=O)Nc2ccc(C(=O)NCCOCCOCC(=O)CCCOCCOCC(=O)O)cn2)cc1. The number of aromatic nitrogens is 1. The molecule has 1 aromatic heterocycles. The molecular weight excluding hydrogens is 602 g/mol. The van der Waals surface area contributed by atoms with Crippen molar-refractivity contribution < 1.29 is 56.8 Å². The molecule has 0 bridgehead atoms. The number of aryl methyl sites for hydroxylation is 1. The summed E-state index contributed by atoms with van der Waals surface area (Å²) in [4.78, 5) is 49.1. The minimum atomic E-state index is -3.94. The summed E-state index contributed by atoms with van der Waals surface area (Å²) in [6, 6.07) is 8.63. The predicted molar refractivity (Wildman–Crippen MR) is 155 cm³/mol. The zero-order chi connectivity index (χ0) is 32.2. The molecule has 15 nitrogen and oxygen atoms in total. The number of sulfonamides is 1. The molecule has 0 fully saturated rings. The van der Waals surface area contributed by atoms with Crippen molar-refractivity contribution >= 4 is 39.5 Å². The summed E-state index contributed by atoms with van der Waals surface area (Å²) < 4.78 is 48.3. The van der Waals surface area contributed by atoms with Crippen molar-refractivity contribution in [3.63, 3.8) is 0 Å². The first-order chi connectivity index (χ1) is 21.1. The number of hydrogen-bond acceptors (Lipinski definition) is 11.